The number of piperidine rings is 1. The van der Waals surface area contributed by atoms with Crippen LogP contribution in [0, 0.1) is 17.7 Å². The molecule has 3 aromatic rings. The van der Waals surface area contributed by atoms with Gasteiger partial charge in [-0.25, -0.2) is 9.37 Å². The highest BCUT2D eigenvalue weighted by Gasteiger charge is 2.46. The number of likely N-dealkylation sites (tertiary alicyclic amines) is 1. The molecule has 37 heavy (non-hydrogen) atoms. The van der Waals surface area contributed by atoms with Crippen molar-refractivity contribution in [3.05, 3.63) is 64.6 Å². The molecule has 1 aliphatic heterocycles. The summed E-state index contributed by atoms with van der Waals surface area (Å²) < 4.78 is 26.6. The first-order valence-corrected chi connectivity index (χ1v) is 16.0. The Morgan fingerprint density at radius 1 is 1.03 bits per heavy atom. The largest absolute Gasteiger partial charge is 0.338 e. The number of halogens is 2. The highest BCUT2D eigenvalue weighted by atomic mass is 35.5. The fourth-order valence-electron chi connectivity index (χ4n) is 5.89. The smallest absolute Gasteiger partial charge is 0.229 e. The maximum Gasteiger partial charge on any atom is 0.229 e. The minimum atomic E-state index is -2.74. The van der Waals surface area contributed by atoms with E-state index in [1.165, 1.54) is 61.8 Å². The van der Waals surface area contributed by atoms with Gasteiger partial charge in [-0.15, -0.1) is 0 Å². The zero-order valence-corrected chi connectivity index (χ0v) is 22.8. The standard InChI is InChI=1S/C28H32ClFN5OP/c1-37(2,36)26-13-21(30)6-10-25(26)33-27-24(29)14-31-28(34-27)32-22-7-3-17-4-8-23(9-5-18(17)12-22)35-15-19-11-20(19)16-35/h3,6-7,10,12-14,19-20,23H,4-5,8-9,11,15-16H2,1-2H3,(H2,31,32,33,34)/t19?,20?,23-/m0/s1. The normalized spacial score (nSPS) is 23.2. The molecule has 2 aromatic carbocycles. The van der Waals surface area contributed by atoms with Crippen LogP contribution in [0.5, 0.6) is 0 Å². The van der Waals surface area contributed by atoms with E-state index >= 15 is 0 Å². The van der Waals surface area contributed by atoms with Gasteiger partial charge >= 0.3 is 0 Å². The predicted molar refractivity (Wildman–Crippen MR) is 149 cm³/mol. The van der Waals surface area contributed by atoms with Gasteiger partial charge in [-0.05, 0) is 98.7 Å². The lowest BCUT2D eigenvalue weighted by atomic mass is 10.0. The van der Waals surface area contributed by atoms with Crippen molar-refractivity contribution < 1.29 is 8.96 Å². The summed E-state index contributed by atoms with van der Waals surface area (Å²) in [5.41, 5.74) is 4.27. The maximum atomic E-state index is 13.9. The molecule has 0 spiro atoms. The van der Waals surface area contributed by atoms with E-state index in [4.69, 9.17) is 11.6 Å². The van der Waals surface area contributed by atoms with Crippen LogP contribution in [0.4, 0.5) is 27.5 Å². The zero-order valence-electron chi connectivity index (χ0n) is 21.2. The van der Waals surface area contributed by atoms with Gasteiger partial charge in [-0.3, -0.25) is 4.90 Å². The van der Waals surface area contributed by atoms with Gasteiger partial charge in [0.2, 0.25) is 5.95 Å². The highest BCUT2D eigenvalue weighted by Crippen LogP contribution is 2.46. The molecule has 3 aliphatic rings. The van der Waals surface area contributed by atoms with Crippen molar-refractivity contribution in [3.8, 4) is 0 Å². The average Bonchev–Trinajstić information content (AvgIpc) is 3.53. The van der Waals surface area contributed by atoms with E-state index in [9.17, 15) is 8.96 Å². The van der Waals surface area contributed by atoms with Crippen LogP contribution in [0.25, 0.3) is 0 Å². The molecule has 6 nitrogen and oxygen atoms in total. The maximum absolute atomic E-state index is 13.9. The summed E-state index contributed by atoms with van der Waals surface area (Å²) in [5.74, 6) is 2.27. The number of benzene rings is 2. The van der Waals surface area contributed by atoms with Crippen LogP contribution in [0.15, 0.2) is 42.6 Å². The van der Waals surface area contributed by atoms with Crippen LogP contribution >= 0.6 is 18.7 Å². The first-order valence-electron chi connectivity index (χ1n) is 13.0. The lowest BCUT2D eigenvalue weighted by Crippen LogP contribution is -2.34. The molecule has 9 heteroatoms. The molecule has 1 saturated carbocycles. The van der Waals surface area contributed by atoms with E-state index in [-0.39, 0.29) is 0 Å². The molecular formula is C28H32ClFN5OP. The Morgan fingerprint density at radius 2 is 1.78 bits per heavy atom. The number of rotatable bonds is 6. The van der Waals surface area contributed by atoms with E-state index in [2.05, 4.69) is 43.7 Å². The number of fused-ring (bicyclic) bond motifs is 2. The Hall–Kier alpha value is -2.47. The molecule has 3 atom stereocenters. The monoisotopic (exact) mass is 539 g/mol. The topological polar surface area (TPSA) is 70.2 Å². The molecule has 6 rings (SSSR count). The summed E-state index contributed by atoms with van der Waals surface area (Å²) in [6.45, 7) is 5.82. The summed E-state index contributed by atoms with van der Waals surface area (Å²) in [6, 6.07) is 11.4. The van der Waals surface area contributed by atoms with Crippen LogP contribution in [-0.2, 0) is 17.4 Å². The molecule has 1 aromatic heterocycles. The molecule has 2 unspecified atom stereocenters. The minimum absolute atomic E-state index is 0.315. The fourth-order valence-corrected chi connectivity index (χ4v) is 7.18. The van der Waals surface area contributed by atoms with Crippen LogP contribution in [0.1, 0.15) is 30.4 Å². The average molecular weight is 540 g/mol. The van der Waals surface area contributed by atoms with Gasteiger partial charge < -0.3 is 15.2 Å². The third kappa shape index (κ3) is 5.41. The van der Waals surface area contributed by atoms with E-state index in [1.54, 1.807) is 19.4 Å². The second-order valence-corrected chi connectivity index (χ2v) is 14.7. The van der Waals surface area contributed by atoms with Gasteiger partial charge in [-0.2, -0.15) is 4.98 Å². The fraction of sp³-hybridized carbons (Fsp3) is 0.429. The molecule has 1 saturated heterocycles. The van der Waals surface area contributed by atoms with Gasteiger partial charge in [0, 0.05) is 30.1 Å². The number of aryl methyl sites for hydroxylation is 2. The van der Waals surface area contributed by atoms with Crippen LogP contribution < -0.4 is 15.9 Å². The van der Waals surface area contributed by atoms with Gasteiger partial charge in [-0.1, -0.05) is 17.7 Å². The number of hydrogen-bond donors (Lipinski definition) is 2. The van der Waals surface area contributed by atoms with Crippen molar-refractivity contribution in [1.82, 2.24) is 14.9 Å². The minimum Gasteiger partial charge on any atom is -0.338 e. The van der Waals surface area contributed by atoms with E-state index in [0.29, 0.717) is 33.8 Å². The van der Waals surface area contributed by atoms with Gasteiger partial charge in [0.1, 0.15) is 18.0 Å². The molecule has 2 aliphatic carbocycles. The Labute approximate surface area is 222 Å². The Morgan fingerprint density at radius 3 is 2.54 bits per heavy atom. The zero-order chi connectivity index (χ0) is 25.7. The van der Waals surface area contributed by atoms with E-state index in [0.717, 1.165) is 30.4 Å². The van der Waals surface area contributed by atoms with Crippen LogP contribution in [0.3, 0.4) is 0 Å². The van der Waals surface area contributed by atoms with E-state index < -0.39 is 13.0 Å². The highest BCUT2D eigenvalue weighted by molar-refractivity contribution is 7.70. The molecule has 194 valence electrons. The Kier molecular flexibility index (Phi) is 6.50. The van der Waals surface area contributed by atoms with Gasteiger partial charge in [0.05, 0.1) is 11.9 Å². The summed E-state index contributed by atoms with van der Waals surface area (Å²) in [7, 11) is -2.74. The van der Waals surface area contributed by atoms with Crippen molar-refractivity contribution in [1.29, 1.82) is 0 Å². The Bertz CT molecular complexity index is 1380. The predicted octanol–water partition coefficient (Wildman–Crippen LogP) is 6.20. The second-order valence-electron chi connectivity index (χ2n) is 11.1. The van der Waals surface area contributed by atoms with Crippen molar-refractivity contribution >= 4 is 47.2 Å². The number of nitrogens with one attached hydrogen (secondary N) is 2. The summed E-state index contributed by atoms with van der Waals surface area (Å²) in [5, 5.41) is 7.17. The molecule has 2 fully saturated rings. The molecule has 2 N–H and O–H groups in total. The lowest BCUT2D eigenvalue weighted by molar-refractivity contribution is 0.201. The van der Waals surface area contributed by atoms with Crippen molar-refractivity contribution in [3.63, 3.8) is 0 Å². The van der Waals surface area contributed by atoms with Crippen LogP contribution in [0.2, 0.25) is 5.02 Å². The third-order valence-electron chi connectivity index (χ3n) is 8.02. The number of aromatic nitrogens is 2. The van der Waals surface area contributed by atoms with Crippen molar-refractivity contribution in [2.75, 3.05) is 37.1 Å². The second kappa shape index (κ2) is 9.68. The summed E-state index contributed by atoms with van der Waals surface area (Å²) in [4.78, 5) is 11.6. The molecular weight excluding hydrogens is 508 g/mol. The summed E-state index contributed by atoms with van der Waals surface area (Å²) >= 11 is 6.38. The first kappa shape index (κ1) is 24.8. The summed E-state index contributed by atoms with van der Waals surface area (Å²) in [6.07, 6.45) is 7.62. The SMILES string of the molecule is CP(C)(=O)c1cc(F)ccc1Nc1nc(Nc2ccc3c(c2)CC[C@@H](N2CC4CC4C2)CC3)ncc1Cl. The number of hydrogen-bond acceptors (Lipinski definition) is 6. The van der Waals surface area contributed by atoms with Crippen molar-refractivity contribution in [2.45, 2.75) is 38.1 Å². The van der Waals surface area contributed by atoms with Crippen LogP contribution in [-0.4, -0.2) is 47.3 Å². The molecule has 0 bridgehead atoms. The van der Waals surface area contributed by atoms with E-state index in [1.807, 2.05) is 0 Å². The first-order chi connectivity index (χ1) is 17.7. The van der Waals surface area contributed by atoms with Gasteiger partial charge in [0.15, 0.2) is 5.82 Å². The van der Waals surface area contributed by atoms with Gasteiger partial charge in [0.25, 0.3) is 0 Å². The molecule has 0 amide bonds. The molecule has 0 radical (unpaired) electrons. The Balaban J connectivity index is 1.18. The number of anilines is 4. The quantitative estimate of drug-likeness (QED) is 0.287. The third-order valence-corrected chi connectivity index (χ3v) is 9.82. The molecule has 2 heterocycles. The number of nitrogens with zero attached hydrogens (tertiary/aromatic N) is 3. The lowest BCUT2D eigenvalue weighted by Gasteiger charge is -2.27. The van der Waals surface area contributed by atoms with Crippen molar-refractivity contribution in [2.24, 2.45) is 11.8 Å².